The van der Waals surface area contributed by atoms with E-state index < -0.39 is 6.09 Å². The largest absolute Gasteiger partial charge is 0.446 e. The number of pyridine rings is 1. The number of amides is 2. The molecule has 7 nitrogen and oxygen atoms in total. The third kappa shape index (κ3) is 16.6. The third-order valence-electron chi connectivity index (χ3n) is 8.32. The number of imide groups is 1. The monoisotopic (exact) mass is 589 g/mol. The van der Waals surface area contributed by atoms with Gasteiger partial charge in [-0.2, -0.15) is 0 Å². The van der Waals surface area contributed by atoms with Gasteiger partial charge in [-0.05, 0) is 25.3 Å². The van der Waals surface area contributed by atoms with Gasteiger partial charge < -0.3 is 14.2 Å². The van der Waals surface area contributed by atoms with Gasteiger partial charge in [0, 0.05) is 31.6 Å². The van der Waals surface area contributed by atoms with Crippen LogP contribution in [0.1, 0.15) is 135 Å². The van der Waals surface area contributed by atoms with Crippen molar-refractivity contribution in [1.29, 1.82) is 0 Å². The molecule has 1 saturated heterocycles. The Morgan fingerprint density at radius 1 is 0.833 bits per heavy atom. The maximum absolute atomic E-state index is 12.6. The summed E-state index contributed by atoms with van der Waals surface area (Å²) in [6.07, 6.45) is 25.9. The molecule has 0 radical (unpaired) electrons. The SMILES string of the molecule is CCCCCCCCCCCCCCCCCCOC[C@@H]1CO[C@@H](COC(=O)N(Cc2cc[n+](CC)cc2)C(C)=O)C1. The van der Waals surface area contributed by atoms with Crippen molar-refractivity contribution in [3.05, 3.63) is 30.1 Å². The number of nitrogens with zero attached hydrogens (tertiary/aromatic N) is 2. The van der Waals surface area contributed by atoms with Crippen LogP contribution >= 0.6 is 0 Å². The summed E-state index contributed by atoms with van der Waals surface area (Å²) < 4.78 is 19.2. The van der Waals surface area contributed by atoms with Crippen LogP contribution in [-0.4, -0.2) is 49.4 Å². The van der Waals surface area contributed by atoms with E-state index in [4.69, 9.17) is 14.2 Å². The maximum Gasteiger partial charge on any atom is 0.416 e. The Hall–Kier alpha value is -1.99. The number of aryl methyl sites for hydroxylation is 1. The van der Waals surface area contributed by atoms with Crippen molar-refractivity contribution in [2.75, 3.05) is 26.4 Å². The van der Waals surface area contributed by atoms with E-state index in [1.54, 1.807) is 0 Å². The minimum Gasteiger partial charge on any atom is -0.446 e. The fourth-order valence-electron chi connectivity index (χ4n) is 5.55. The van der Waals surface area contributed by atoms with Gasteiger partial charge in [0.1, 0.15) is 13.2 Å². The number of ether oxygens (including phenoxy) is 3. The average Bonchev–Trinajstić information content (AvgIpc) is 3.46. The van der Waals surface area contributed by atoms with Crippen molar-refractivity contribution >= 4 is 12.0 Å². The van der Waals surface area contributed by atoms with Gasteiger partial charge in [-0.3, -0.25) is 4.79 Å². The molecule has 7 heteroatoms. The molecule has 0 spiro atoms. The van der Waals surface area contributed by atoms with Crippen LogP contribution < -0.4 is 4.57 Å². The Kier molecular flexibility index (Phi) is 20.2. The number of hydrogen-bond donors (Lipinski definition) is 0. The van der Waals surface area contributed by atoms with Crippen LogP contribution in [-0.2, 0) is 32.1 Å². The normalized spacial score (nSPS) is 16.5. The predicted octanol–water partition coefficient (Wildman–Crippen LogP) is 8.16. The summed E-state index contributed by atoms with van der Waals surface area (Å²) in [6.45, 7) is 9.06. The summed E-state index contributed by atoms with van der Waals surface area (Å²) in [7, 11) is 0. The number of hydrogen-bond acceptors (Lipinski definition) is 5. The lowest BCUT2D eigenvalue weighted by Crippen LogP contribution is -2.37. The number of unbranched alkanes of at least 4 members (excludes halogenated alkanes) is 15. The van der Waals surface area contributed by atoms with Gasteiger partial charge in [0.05, 0.1) is 25.9 Å². The summed E-state index contributed by atoms with van der Waals surface area (Å²) in [6, 6.07) is 3.83. The lowest BCUT2D eigenvalue weighted by Gasteiger charge is -2.20. The van der Waals surface area contributed by atoms with Gasteiger partial charge >= 0.3 is 6.09 Å². The molecule has 0 saturated carbocycles. The summed E-state index contributed by atoms with van der Waals surface area (Å²) in [4.78, 5) is 25.8. The second-order valence-electron chi connectivity index (χ2n) is 12.2. The van der Waals surface area contributed by atoms with Crippen molar-refractivity contribution in [3.63, 3.8) is 0 Å². The van der Waals surface area contributed by atoms with Crippen LogP contribution in [0.3, 0.4) is 0 Å². The van der Waals surface area contributed by atoms with Crippen molar-refractivity contribution in [1.82, 2.24) is 4.90 Å². The van der Waals surface area contributed by atoms with Crippen molar-refractivity contribution in [2.24, 2.45) is 5.92 Å². The second kappa shape index (κ2) is 23.5. The highest BCUT2D eigenvalue weighted by molar-refractivity contribution is 5.90. The topological polar surface area (TPSA) is 69.0 Å². The van der Waals surface area contributed by atoms with Gasteiger partial charge in [0.2, 0.25) is 5.91 Å². The van der Waals surface area contributed by atoms with Crippen LogP contribution in [0.5, 0.6) is 0 Å². The van der Waals surface area contributed by atoms with Crippen LogP contribution in [0, 0.1) is 5.92 Å². The second-order valence-corrected chi connectivity index (χ2v) is 12.2. The van der Waals surface area contributed by atoms with Gasteiger partial charge in [-0.15, -0.1) is 0 Å². The molecular formula is C35H61N2O5+. The Labute approximate surface area is 256 Å². The van der Waals surface area contributed by atoms with Crippen molar-refractivity contribution < 1.29 is 28.4 Å². The van der Waals surface area contributed by atoms with E-state index in [1.165, 1.54) is 103 Å². The first-order valence-corrected chi connectivity index (χ1v) is 17.2. The molecule has 1 fully saturated rings. The quantitative estimate of drug-likeness (QED) is 0.0899. The number of rotatable bonds is 24. The third-order valence-corrected chi connectivity index (χ3v) is 8.32. The highest BCUT2D eigenvalue weighted by Crippen LogP contribution is 2.21. The highest BCUT2D eigenvalue weighted by atomic mass is 16.6. The minimum atomic E-state index is -0.624. The Bertz CT molecular complexity index is 831. The first-order chi connectivity index (χ1) is 20.5. The first kappa shape index (κ1) is 36.2. The zero-order chi connectivity index (χ0) is 30.3. The molecule has 0 aliphatic carbocycles. The lowest BCUT2D eigenvalue weighted by molar-refractivity contribution is -0.693. The summed E-state index contributed by atoms with van der Waals surface area (Å²) >= 11 is 0. The molecule has 1 aliphatic rings. The molecule has 240 valence electrons. The van der Waals surface area contributed by atoms with Crippen LogP contribution in [0.25, 0.3) is 0 Å². The van der Waals surface area contributed by atoms with Crippen molar-refractivity contribution in [3.8, 4) is 0 Å². The first-order valence-electron chi connectivity index (χ1n) is 17.2. The molecule has 42 heavy (non-hydrogen) atoms. The van der Waals surface area contributed by atoms with Gasteiger partial charge in [0.15, 0.2) is 12.4 Å². The summed E-state index contributed by atoms with van der Waals surface area (Å²) in [5.41, 5.74) is 0.880. The molecule has 2 amide bonds. The average molecular weight is 590 g/mol. The molecule has 2 atom stereocenters. The molecule has 0 aromatic carbocycles. The number of carbonyl (C=O) groups is 2. The molecule has 1 aromatic heterocycles. The molecule has 2 rings (SSSR count). The van der Waals surface area contributed by atoms with E-state index in [2.05, 4.69) is 13.8 Å². The summed E-state index contributed by atoms with van der Waals surface area (Å²) in [5, 5.41) is 0. The fraction of sp³-hybridized carbons (Fsp3) is 0.800. The maximum atomic E-state index is 12.6. The summed E-state index contributed by atoms with van der Waals surface area (Å²) in [5.74, 6) is -0.00632. The standard InChI is InChI=1S/C35H61N2O5/c1-4-6-7-8-9-10-11-12-13-14-15-16-17-18-19-20-25-40-28-33-26-34(41-29-33)30-42-35(39)37(31(3)38)27-32-21-23-36(5-2)24-22-32/h21-24,33-34H,4-20,25-30H2,1-3H3/q+1/t33-,34-/m1/s1. The minimum absolute atomic E-state index is 0.146. The molecule has 2 heterocycles. The van der Waals surface area contributed by atoms with E-state index in [0.717, 1.165) is 36.5 Å². The molecule has 1 aliphatic heterocycles. The molecular weight excluding hydrogens is 528 g/mol. The molecule has 0 bridgehead atoms. The Morgan fingerprint density at radius 2 is 1.38 bits per heavy atom. The predicted molar refractivity (Wildman–Crippen MR) is 168 cm³/mol. The fourth-order valence-corrected chi connectivity index (χ4v) is 5.55. The Balaban J connectivity index is 1.41. The lowest BCUT2D eigenvalue weighted by atomic mass is 10.0. The van der Waals surface area contributed by atoms with E-state index in [-0.39, 0.29) is 25.2 Å². The smallest absolute Gasteiger partial charge is 0.416 e. The van der Waals surface area contributed by atoms with E-state index >= 15 is 0 Å². The Morgan fingerprint density at radius 3 is 1.90 bits per heavy atom. The van der Waals surface area contributed by atoms with Gasteiger partial charge in [-0.1, -0.05) is 103 Å². The van der Waals surface area contributed by atoms with Gasteiger partial charge in [-0.25, -0.2) is 14.3 Å². The van der Waals surface area contributed by atoms with Crippen LogP contribution in [0.2, 0.25) is 0 Å². The van der Waals surface area contributed by atoms with E-state index in [1.807, 2.05) is 29.1 Å². The molecule has 0 unspecified atom stereocenters. The zero-order valence-electron chi connectivity index (χ0n) is 27.2. The van der Waals surface area contributed by atoms with E-state index in [0.29, 0.717) is 19.1 Å². The van der Waals surface area contributed by atoms with Gasteiger partial charge in [0.25, 0.3) is 0 Å². The van der Waals surface area contributed by atoms with Crippen LogP contribution in [0.15, 0.2) is 24.5 Å². The zero-order valence-corrected chi connectivity index (χ0v) is 27.2. The van der Waals surface area contributed by atoms with E-state index in [9.17, 15) is 9.59 Å². The number of carbonyl (C=O) groups excluding carboxylic acids is 2. The van der Waals surface area contributed by atoms with Crippen molar-refractivity contribution in [2.45, 2.75) is 149 Å². The number of aromatic nitrogens is 1. The van der Waals surface area contributed by atoms with Crippen LogP contribution in [0.4, 0.5) is 4.79 Å². The highest BCUT2D eigenvalue weighted by Gasteiger charge is 2.28. The molecule has 0 N–H and O–H groups in total. The molecule has 1 aromatic rings.